The zero-order valence-corrected chi connectivity index (χ0v) is 17.2. The van der Waals surface area contributed by atoms with E-state index in [2.05, 4.69) is 27.6 Å². The molecule has 0 spiro atoms. The van der Waals surface area contributed by atoms with Gasteiger partial charge in [-0.2, -0.15) is 4.80 Å². The van der Waals surface area contributed by atoms with Crippen molar-refractivity contribution in [3.8, 4) is 5.69 Å². The number of carbonyl (C=O) groups is 1. The van der Waals surface area contributed by atoms with E-state index in [0.29, 0.717) is 0 Å². The molecule has 0 aliphatic carbocycles. The van der Waals surface area contributed by atoms with Crippen molar-refractivity contribution in [1.29, 1.82) is 0 Å². The number of rotatable bonds is 8. The second kappa shape index (κ2) is 9.47. The number of hydrogen-bond acceptors (Lipinski definition) is 4. The molecule has 6 nitrogen and oxygen atoms in total. The number of benzene rings is 2. The summed E-state index contributed by atoms with van der Waals surface area (Å²) in [6, 6.07) is 16.2. The van der Waals surface area contributed by atoms with E-state index in [0.717, 1.165) is 30.5 Å². The molecule has 1 aromatic heterocycles. The van der Waals surface area contributed by atoms with Gasteiger partial charge in [0.15, 0.2) is 5.69 Å². The maximum Gasteiger partial charge on any atom is 0.274 e. The van der Waals surface area contributed by atoms with Gasteiger partial charge >= 0.3 is 0 Å². The van der Waals surface area contributed by atoms with E-state index >= 15 is 0 Å². The van der Waals surface area contributed by atoms with Gasteiger partial charge in [0, 0.05) is 6.04 Å². The predicted molar refractivity (Wildman–Crippen MR) is 113 cm³/mol. The van der Waals surface area contributed by atoms with Gasteiger partial charge in [0.2, 0.25) is 0 Å². The minimum Gasteiger partial charge on any atom is -0.390 e. The number of aliphatic hydroxyl groups is 1. The van der Waals surface area contributed by atoms with Gasteiger partial charge in [-0.25, -0.2) is 0 Å². The Labute approximate surface area is 171 Å². The average molecular weight is 393 g/mol. The van der Waals surface area contributed by atoms with Gasteiger partial charge in [-0.1, -0.05) is 36.4 Å². The van der Waals surface area contributed by atoms with Crippen molar-refractivity contribution in [3.05, 3.63) is 76.6 Å². The van der Waals surface area contributed by atoms with Crippen molar-refractivity contribution in [2.75, 3.05) is 0 Å². The van der Waals surface area contributed by atoms with Crippen LogP contribution in [0.15, 0.2) is 48.5 Å². The van der Waals surface area contributed by atoms with Crippen molar-refractivity contribution >= 4 is 5.91 Å². The van der Waals surface area contributed by atoms with Crippen molar-refractivity contribution < 1.29 is 9.90 Å². The summed E-state index contributed by atoms with van der Waals surface area (Å²) >= 11 is 0. The molecule has 0 saturated carbocycles. The summed E-state index contributed by atoms with van der Waals surface area (Å²) < 4.78 is 0. The third-order valence-electron chi connectivity index (χ3n) is 5.09. The molecule has 0 aliphatic rings. The van der Waals surface area contributed by atoms with E-state index in [-0.39, 0.29) is 29.9 Å². The van der Waals surface area contributed by atoms with Crippen LogP contribution in [0.2, 0.25) is 0 Å². The first-order valence-corrected chi connectivity index (χ1v) is 9.97. The van der Waals surface area contributed by atoms with Crippen LogP contribution in [0.25, 0.3) is 5.69 Å². The van der Waals surface area contributed by atoms with Crippen LogP contribution in [0, 0.1) is 13.8 Å². The van der Waals surface area contributed by atoms with Crippen molar-refractivity contribution in [2.24, 2.45) is 0 Å². The second-order valence-electron chi connectivity index (χ2n) is 7.46. The molecule has 29 heavy (non-hydrogen) atoms. The quantitative estimate of drug-likeness (QED) is 0.615. The molecule has 0 fully saturated rings. The molecular formula is C23H28N4O2. The average Bonchev–Trinajstić information content (AvgIpc) is 3.15. The standard InChI is InChI=1S/C23H28N4O2/c1-16-12-13-20(14-17(16)2)27-25-21(15-28)22(26-27)23(29)24-18(3)8-7-11-19-9-5-4-6-10-19/h4-6,9-10,12-14,18,28H,7-8,11,15H2,1-3H3,(H,24,29)/t18-/m1/s1. The van der Waals surface area contributed by atoms with Gasteiger partial charge in [0.25, 0.3) is 5.91 Å². The molecule has 152 valence electrons. The van der Waals surface area contributed by atoms with Crippen molar-refractivity contribution in [2.45, 2.75) is 52.7 Å². The number of aromatic nitrogens is 3. The molecule has 6 heteroatoms. The summed E-state index contributed by atoms with van der Waals surface area (Å²) in [5.41, 5.74) is 4.79. The highest BCUT2D eigenvalue weighted by molar-refractivity contribution is 5.93. The summed E-state index contributed by atoms with van der Waals surface area (Å²) in [4.78, 5) is 14.1. The number of carbonyl (C=O) groups excluding carboxylic acids is 1. The molecular weight excluding hydrogens is 364 g/mol. The summed E-state index contributed by atoms with van der Waals surface area (Å²) in [6.07, 6.45) is 2.82. The minimum absolute atomic E-state index is 0.00419. The summed E-state index contributed by atoms with van der Waals surface area (Å²) in [5, 5.41) is 21.2. The van der Waals surface area contributed by atoms with Crippen LogP contribution >= 0.6 is 0 Å². The lowest BCUT2D eigenvalue weighted by atomic mass is 10.1. The zero-order chi connectivity index (χ0) is 20.8. The maximum absolute atomic E-state index is 12.7. The van der Waals surface area contributed by atoms with E-state index in [4.69, 9.17) is 0 Å². The fourth-order valence-corrected chi connectivity index (χ4v) is 3.21. The lowest BCUT2D eigenvalue weighted by Crippen LogP contribution is -2.33. The lowest BCUT2D eigenvalue weighted by Gasteiger charge is -2.13. The predicted octanol–water partition coefficient (Wildman–Crippen LogP) is 3.52. The largest absolute Gasteiger partial charge is 0.390 e. The summed E-state index contributed by atoms with van der Waals surface area (Å²) in [6.45, 7) is 5.69. The Balaban J connectivity index is 1.63. The summed E-state index contributed by atoms with van der Waals surface area (Å²) in [5.74, 6) is -0.309. The van der Waals surface area contributed by atoms with Crippen molar-refractivity contribution in [3.63, 3.8) is 0 Å². The third-order valence-corrected chi connectivity index (χ3v) is 5.09. The fraction of sp³-hybridized carbons (Fsp3) is 0.348. The highest BCUT2D eigenvalue weighted by Gasteiger charge is 2.20. The van der Waals surface area contributed by atoms with Crippen LogP contribution in [0.3, 0.4) is 0 Å². The number of amides is 1. The molecule has 0 saturated heterocycles. The minimum atomic E-state index is -0.337. The first-order chi connectivity index (χ1) is 14.0. The highest BCUT2D eigenvalue weighted by Crippen LogP contribution is 2.15. The molecule has 1 heterocycles. The third kappa shape index (κ3) is 5.29. The van der Waals surface area contributed by atoms with Crippen LogP contribution in [0.4, 0.5) is 0 Å². The van der Waals surface area contributed by atoms with Crippen LogP contribution in [-0.4, -0.2) is 32.0 Å². The number of nitrogens with one attached hydrogen (secondary N) is 1. The number of aryl methyl sites for hydroxylation is 3. The molecule has 3 aromatic rings. The number of nitrogens with zero attached hydrogens (tertiary/aromatic N) is 3. The normalized spacial score (nSPS) is 12.0. The Morgan fingerprint density at radius 1 is 1.10 bits per heavy atom. The van der Waals surface area contributed by atoms with Gasteiger partial charge in [-0.3, -0.25) is 4.79 Å². The van der Waals surface area contributed by atoms with Crippen LogP contribution in [0.5, 0.6) is 0 Å². The van der Waals surface area contributed by atoms with E-state index < -0.39 is 0 Å². The van der Waals surface area contributed by atoms with Gasteiger partial charge in [-0.05, 0) is 68.9 Å². The zero-order valence-electron chi connectivity index (χ0n) is 17.2. The van der Waals surface area contributed by atoms with E-state index in [1.807, 2.05) is 57.2 Å². The SMILES string of the molecule is Cc1ccc(-n2nc(CO)c(C(=O)N[C@H](C)CCCc3ccccc3)n2)cc1C. The Morgan fingerprint density at radius 2 is 1.86 bits per heavy atom. The molecule has 0 bridgehead atoms. The first kappa shape index (κ1) is 20.7. The van der Waals surface area contributed by atoms with Gasteiger partial charge in [-0.15, -0.1) is 10.2 Å². The second-order valence-corrected chi connectivity index (χ2v) is 7.46. The summed E-state index contributed by atoms with van der Waals surface area (Å²) in [7, 11) is 0. The van der Waals surface area contributed by atoms with E-state index in [1.54, 1.807) is 0 Å². The molecule has 1 atom stereocenters. The van der Waals surface area contributed by atoms with Crippen LogP contribution < -0.4 is 5.32 Å². The van der Waals surface area contributed by atoms with Gasteiger partial charge < -0.3 is 10.4 Å². The van der Waals surface area contributed by atoms with Crippen LogP contribution in [-0.2, 0) is 13.0 Å². The van der Waals surface area contributed by atoms with Gasteiger partial charge in [0.05, 0.1) is 12.3 Å². The van der Waals surface area contributed by atoms with Crippen molar-refractivity contribution in [1.82, 2.24) is 20.3 Å². The maximum atomic E-state index is 12.7. The molecule has 0 radical (unpaired) electrons. The molecule has 0 unspecified atom stereocenters. The molecule has 3 rings (SSSR count). The van der Waals surface area contributed by atoms with E-state index in [1.165, 1.54) is 15.9 Å². The Kier molecular flexibility index (Phi) is 6.77. The Bertz CT molecular complexity index is 966. The first-order valence-electron chi connectivity index (χ1n) is 9.97. The highest BCUT2D eigenvalue weighted by atomic mass is 16.3. The fourth-order valence-electron chi connectivity index (χ4n) is 3.21. The Hall–Kier alpha value is -2.99. The molecule has 0 aliphatic heterocycles. The van der Waals surface area contributed by atoms with Crippen LogP contribution in [0.1, 0.15) is 52.6 Å². The Morgan fingerprint density at radius 3 is 2.55 bits per heavy atom. The molecule has 2 aromatic carbocycles. The number of hydrogen-bond donors (Lipinski definition) is 2. The monoisotopic (exact) mass is 392 g/mol. The smallest absolute Gasteiger partial charge is 0.274 e. The molecule has 2 N–H and O–H groups in total. The topological polar surface area (TPSA) is 80.0 Å². The van der Waals surface area contributed by atoms with Gasteiger partial charge in [0.1, 0.15) is 5.69 Å². The van der Waals surface area contributed by atoms with E-state index in [9.17, 15) is 9.90 Å². The number of aliphatic hydroxyl groups excluding tert-OH is 1. The lowest BCUT2D eigenvalue weighted by molar-refractivity contribution is 0.0929. The molecule has 1 amide bonds.